The van der Waals surface area contributed by atoms with E-state index in [0.29, 0.717) is 11.5 Å². The Kier molecular flexibility index (Phi) is 6.65. The Labute approximate surface area is 115 Å². The minimum atomic E-state index is 0.456. The molecular weight excluding hydrogens is 220 g/mol. The highest BCUT2D eigenvalue weighted by atomic mass is 15.1. The van der Waals surface area contributed by atoms with Gasteiger partial charge >= 0.3 is 0 Å². The third-order valence-electron chi connectivity index (χ3n) is 4.22. The number of nitrogens with one attached hydrogen (secondary N) is 1. The number of piperidine rings is 1. The van der Waals surface area contributed by atoms with Gasteiger partial charge in [0.25, 0.3) is 0 Å². The first-order valence-corrected chi connectivity index (χ1v) is 7.88. The highest BCUT2D eigenvalue weighted by Crippen LogP contribution is 2.22. The van der Waals surface area contributed by atoms with Gasteiger partial charge in [-0.05, 0) is 70.1 Å². The third-order valence-corrected chi connectivity index (χ3v) is 4.22. The molecule has 0 aliphatic carbocycles. The number of likely N-dealkylation sites (tertiary alicyclic amines) is 1. The largest absolute Gasteiger partial charge is 0.314 e. The van der Waals surface area contributed by atoms with Crippen LogP contribution >= 0.6 is 0 Å². The molecule has 1 aliphatic rings. The zero-order valence-electron chi connectivity index (χ0n) is 13.3. The van der Waals surface area contributed by atoms with Crippen molar-refractivity contribution in [2.24, 2.45) is 11.3 Å². The monoisotopic (exact) mass is 254 g/mol. The van der Waals surface area contributed by atoms with Crippen LogP contribution in [0.3, 0.4) is 0 Å². The van der Waals surface area contributed by atoms with Crippen molar-refractivity contribution in [1.29, 1.82) is 0 Å². The van der Waals surface area contributed by atoms with E-state index in [1.165, 1.54) is 51.9 Å². The molecule has 1 atom stereocenters. The summed E-state index contributed by atoms with van der Waals surface area (Å²) in [5, 5.41) is 3.74. The fraction of sp³-hybridized carbons (Fsp3) is 1.00. The van der Waals surface area contributed by atoms with Gasteiger partial charge in [-0.2, -0.15) is 0 Å². The van der Waals surface area contributed by atoms with Gasteiger partial charge < -0.3 is 10.2 Å². The van der Waals surface area contributed by atoms with E-state index in [9.17, 15) is 0 Å². The average molecular weight is 254 g/mol. The molecule has 0 amide bonds. The molecule has 0 saturated carbocycles. The molecule has 0 bridgehead atoms. The number of hydrogen-bond acceptors (Lipinski definition) is 2. The Morgan fingerprint density at radius 1 is 1.22 bits per heavy atom. The quantitative estimate of drug-likeness (QED) is 0.780. The maximum atomic E-state index is 3.74. The van der Waals surface area contributed by atoms with Crippen LogP contribution in [0.25, 0.3) is 0 Å². The van der Waals surface area contributed by atoms with Crippen LogP contribution in [-0.2, 0) is 0 Å². The van der Waals surface area contributed by atoms with Gasteiger partial charge in [-0.15, -0.1) is 0 Å². The fourth-order valence-electron chi connectivity index (χ4n) is 2.83. The molecule has 108 valence electrons. The summed E-state index contributed by atoms with van der Waals surface area (Å²) in [5.74, 6) is 0.887. The molecule has 0 aromatic heterocycles. The molecule has 0 radical (unpaired) electrons. The molecule has 0 spiro atoms. The molecule has 1 aliphatic heterocycles. The van der Waals surface area contributed by atoms with Crippen LogP contribution in [0.5, 0.6) is 0 Å². The van der Waals surface area contributed by atoms with Crippen molar-refractivity contribution in [3.05, 3.63) is 0 Å². The molecule has 18 heavy (non-hydrogen) atoms. The van der Waals surface area contributed by atoms with Crippen molar-refractivity contribution in [1.82, 2.24) is 10.2 Å². The van der Waals surface area contributed by atoms with E-state index < -0.39 is 0 Å². The zero-order chi connectivity index (χ0) is 13.6. The molecule has 0 aromatic carbocycles. The summed E-state index contributed by atoms with van der Waals surface area (Å²) in [7, 11) is 0. The summed E-state index contributed by atoms with van der Waals surface area (Å²) < 4.78 is 0. The summed E-state index contributed by atoms with van der Waals surface area (Å²) >= 11 is 0. The Morgan fingerprint density at radius 2 is 1.83 bits per heavy atom. The first kappa shape index (κ1) is 16.0. The molecule has 1 N–H and O–H groups in total. The summed E-state index contributed by atoms with van der Waals surface area (Å²) in [6, 6.07) is 0.691. The Bertz CT molecular complexity index is 212. The summed E-state index contributed by atoms with van der Waals surface area (Å²) in [5.41, 5.74) is 0.456. The van der Waals surface area contributed by atoms with Crippen LogP contribution < -0.4 is 5.32 Å². The highest BCUT2D eigenvalue weighted by molar-refractivity contribution is 4.79. The van der Waals surface area contributed by atoms with Gasteiger partial charge in [-0.25, -0.2) is 0 Å². The van der Waals surface area contributed by atoms with E-state index in [-0.39, 0.29) is 0 Å². The lowest BCUT2D eigenvalue weighted by atomic mass is 9.89. The first-order chi connectivity index (χ1) is 8.42. The maximum absolute atomic E-state index is 3.74. The normalized spacial score (nSPS) is 21.2. The third kappa shape index (κ3) is 6.19. The predicted molar refractivity (Wildman–Crippen MR) is 81.0 cm³/mol. The van der Waals surface area contributed by atoms with E-state index in [1.807, 2.05) is 0 Å². The van der Waals surface area contributed by atoms with Crippen LogP contribution in [0.1, 0.15) is 60.3 Å². The molecule has 1 rings (SSSR count). The molecule has 1 saturated heterocycles. The van der Waals surface area contributed by atoms with Crippen molar-refractivity contribution in [2.75, 3.05) is 26.2 Å². The number of rotatable bonds is 6. The molecular formula is C16H34N2. The predicted octanol–water partition coefficient (Wildman–Crippen LogP) is 3.52. The zero-order valence-corrected chi connectivity index (χ0v) is 13.3. The van der Waals surface area contributed by atoms with Gasteiger partial charge in [0.2, 0.25) is 0 Å². The van der Waals surface area contributed by atoms with E-state index in [2.05, 4.69) is 44.8 Å². The van der Waals surface area contributed by atoms with Crippen LogP contribution in [-0.4, -0.2) is 37.1 Å². The summed E-state index contributed by atoms with van der Waals surface area (Å²) in [4.78, 5) is 2.62. The smallest absolute Gasteiger partial charge is 0.00679 e. The van der Waals surface area contributed by atoms with Gasteiger partial charge in [-0.1, -0.05) is 27.7 Å². The van der Waals surface area contributed by atoms with E-state index in [4.69, 9.17) is 0 Å². The minimum absolute atomic E-state index is 0.456. The van der Waals surface area contributed by atoms with Crippen molar-refractivity contribution in [3.63, 3.8) is 0 Å². The number of nitrogens with zero attached hydrogens (tertiary/aromatic N) is 1. The lowest BCUT2D eigenvalue weighted by molar-refractivity contribution is 0.161. The number of hydrogen-bond donors (Lipinski definition) is 1. The lowest BCUT2D eigenvalue weighted by Gasteiger charge is -2.35. The van der Waals surface area contributed by atoms with Crippen LogP contribution in [0.15, 0.2) is 0 Å². The van der Waals surface area contributed by atoms with Crippen LogP contribution in [0.4, 0.5) is 0 Å². The average Bonchev–Trinajstić information content (AvgIpc) is 2.28. The first-order valence-electron chi connectivity index (χ1n) is 7.88. The topological polar surface area (TPSA) is 15.3 Å². The standard InChI is InChI=1S/C16H34N2/c1-6-11-18-12-7-15(8-13-18)14(2)17-10-9-16(3,4)5/h14-15,17H,6-13H2,1-5H3. The van der Waals surface area contributed by atoms with Gasteiger partial charge in [0.05, 0.1) is 0 Å². The van der Waals surface area contributed by atoms with Gasteiger partial charge in [0.15, 0.2) is 0 Å². The SMILES string of the molecule is CCCN1CCC(C(C)NCCC(C)(C)C)CC1. The molecule has 2 nitrogen and oxygen atoms in total. The maximum Gasteiger partial charge on any atom is 0.00679 e. The molecule has 1 unspecified atom stereocenters. The van der Waals surface area contributed by atoms with Crippen molar-refractivity contribution < 1.29 is 0 Å². The van der Waals surface area contributed by atoms with Gasteiger partial charge in [0, 0.05) is 6.04 Å². The van der Waals surface area contributed by atoms with Crippen LogP contribution in [0.2, 0.25) is 0 Å². The highest BCUT2D eigenvalue weighted by Gasteiger charge is 2.23. The minimum Gasteiger partial charge on any atom is -0.314 e. The Morgan fingerprint density at radius 3 is 2.33 bits per heavy atom. The van der Waals surface area contributed by atoms with Gasteiger partial charge in [-0.3, -0.25) is 0 Å². The molecule has 1 heterocycles. The summed E-state index contributed by atoms with van der Waals surface area (Å²) in [6.07, 6.45) is 5.32. The van der Waals surface area contributed by atoms with E-state index in [0.717, 1.165) is 5.92 Å². The summed E-state index contributed by atoms with van der Waals surface area (Å²) in [6.45, 7) is 16.7. The Hall–Kier alpha value is -0.0800. The second-order valence-corrected chi connectivity index (χ2v) is 7.23. The molecule has 1 fully saturated rings. The van der Waals surface area contributed by atoms with E-state index >= 15 is 0 Å². The van der Waals surface area contributed by atoms with E-state index in [1.54, 1.807) is 0 Å². The second kappa shape index (κ2) is 7.49. The second-order valence-electron chi connectivity index (χ2n) is 7.23. The Balaban J connectivity index is 2.17. The fourth-order valence-corrected chi connectivity index (χ4v) is 2.83. The van der Waals surface area contributed by atoms with Crippen LogP contribution in [0, 0.1) is 11.3 Å². The van der Waals surface area contributed by atoms with Crippen molar-refractivity contribution in [2.45, 2.75) is 66.3 Å². The van der Waals surface area contributed by atoms with Gasteiger partial charge in [0.1, 0.15) is 0 Å². The lowest BCUT2D eigenvalue weighted by Crippen LogP contribution is -2.42. The molecule has 0 aromatic rings. The van der Waals surface area contributed by atoms with Crippen molar-refractivity contribution >= 4 is 0 Å². The molecule has 2 heteroatoms. The van der Waals surface area contributed by atoms with Crippen molar-refractivity contribution in [3.8, 4) is 0 Å².